The first-order valence-electron chi connectivity index (χ1n) is 4.88. The Hall–Kier alpha value is -0.520. The maximum Gasteiger partial charge on any atom is -0.0353 e. The predicted octanol–water partition coefficient (Wildman–Crippen LogP) is 4.73. The van der Waals surface area contributed by atoms with Gasteiger partial charge >= 0.3 is 0 Å². The molecule has 0 aromatic carbocycles. The highest BCUT2D eigenvalue weighted by molar-refractivity contribution is 4.78. The van der Waals surface area contributed by atoms with E-state index in [1.807, 2.05) is 19.9 Å². The van der Waals surface area contributed by atoms with Crippen LogP contribution in [0.2, 0.25) is 0 Å². The van der Waals surface area contributed by atoms with Crippen LogP contribution in [-0.4, -0.2) is 0 Å². The van der Waals surface area contributed by atoms with E-state index in [0.717, 1.165) is 0 Å². The molecule has 0 aromatic rings. The van der Waals surface area contributed by atoms with Crippen molar-refractivity contribution < 1.29 is 0 Å². The van der Waals surface area contributed by atoms with Gasteiger partial charge in [-0.2, -0.15) is 0 Å². The lowest BCUT2D eigenvalue weighted by Crippen LogP contribution is -1.71. The first-order chi connectivity index (χ1) is 5.65. The summed E-state index contributed by atoms with van der Waals surface area (Å²) < 4.78 is 0. The van der Waals surface area contributed by atoms with Crippen LogP contribution in [0.3, 0.4) is 0 Å². The average molecular weight is 168 g/mol. The Morgan fingerprint density at radius 2 is 1.67 bits per heavy atom. The maximum absolute atomic E-state index is 3.66. The molecule has 0 aliphatic rings. The molecule has 0 radical (unpaired) electrons. The van der Waals surface area contributed by atoms with Crippen molar-refractivity contribution in [2.24, 2.45) is 0 Å². The van der Waals surface area contributed by atoms with Gasteiger partial charge in [0.25, 0.3) is 0 Å². The molecule has 0 N–H and O–H groups in total. The third-order valence-electron chi connectivity index (χ3n) is 1.26. The predicted molar refractivity (Wildman–Crippen MR) is 59.4 cm³/mol. The topological polar surface area (TPSA) is 0 Å². The smallest absolute Gasteiger partial charge is 0.0353 e. The van der Waals surface area contributed by atoms with Gasteiger partial charge in [0, 0.05) is 0 Å². The molecule has 0 aliphatic carbocycles. The maximum atomic E-state index is 3.66. The number of hydrogen-bond donors (Lipinski definition) is 0. The van der Waals surface area contributed by atoms with Gasteiger partial charge in [-0.3, -0.25) is 0 Å². The molecule has 0 aliphatic heterocycles. The molecular formula is C12H24. The Morgan fingerprint density at radius 1 is 1.17 bits per heavy atom. The van der Waals surface area contributed by atoms with Gasteiger partial charge in [-0.25, -0.2) is 0 Å². The van der Waals surface area contributed by atoms with Gasteiger partial charge in [-0.15, -0.1) is 13.2 Å². The third-order valence-corrected chi connectivity index (χ3v) is 1.26. The highest BCUT2D eigenvalue weighted by Crippen LogP contribution is 2.01. The number of rotatable bonds is 5. The fourth-order valence-electron chi connectivity index (χ4n) is 0.715. The molecule has 12 heavy (non-hydrogen) atoms. The minimum Gasteiger partial charge on any atom is -0.103 e. The Balaban J connectivity index is 0. The molecule has 0 saturated heterocycles. The van der Waals surface area contributed by atoms with E-state index in [2.05, 4.69) is 20.1 Å². The van der Waals surface area contributed by atoms with E-state index in [9.17, 15) is 0 Å². The van der Waals surface area contributed by atoms with Gasteiger partial charge in [-0.1, -0.05) is 37.8 Å². The van der Waals surface area contributed by atoms with Gasteiger partial charge < -0.3 is 0 Å². The van der Waals surface area contributed by atoms with Crippen LogP contribution < -0.4 is 0 Å². The second kappa shape index (κ2) is 13.1. The Morgan fingerprint density at radius 3 is 2.00 bits per heavy atom. The minimum absolute atomic E-state index is 1.17. The quantitative estimate of drug-likeness (QED) is 0.411. The molecule has 0 amide bonds. The molecule has 0 aromatic heterocycles. The zero-order chi connectivity index (χ0) is 9.82. The van der Waals surface area contributed by atoms with Crippen LogP contribution >= 0.6 is 0 Å². The molecule has 0 saturated carbocycles. The highest BCUT2D eigenvalue weighted by atomic mass is 13.9. The van der Waals surface area contributed by atoms with Crippen molar-refractivity contribution in [3.8, 4) is 0 Å². The Kier molecular flexibility index (Phi) is 15.3. The zero-order valence-corrected chi connectivity index (χ0v) is 9.03. The summed E-state index contributed by atoms with van der Waals surface area (Å²) in [4.78, 5) is 0. The molecule has 72 valence electrons. The monoisotopic (exact) mass is 168 g/mol. The Labute approximate surface area is 78.4 Å². The summed E-state index contributed by atoms with van der Waals surface area (Å²) >= 11 is 0. The molecule has 0 fully saturated rings. The van der Waals surface area contributed by atoms with Gasteiger partial charge in [0.2, 0.25) is 0 Å². The summed E-state index contributed by atoms with van der Waals surface area (Å²) in [6, 6.07) is 0. The van der Waals surface area contributed by atoms with E-state index < -0.39 is 0 Å². The van der Waals surface area contributed by atoms with E-state index in [-0.39, 0.29) is 0 Å². The first kappa shape index (κ1) is 14.0. The SMILES string of the molecule is C=C(C)C.C=CCCCCCC. The lowest BCUT2D eigenvalue weighted by Gasteiger charge is -1.91. The summed E-state index contributed by atoms with van der Waals surface area (Å²) in [7, 11) is 0. The van der Waals surface area contributed by atoms with Crippen LogP contribution in [0.4, 0.5) is 0 Å². The summed E-state index contributed by atoms with van der Waals surface area (Å²) in [6.07, 6.45) is 8.61. The molecule has 0 atom stereocenters. The number of hydrogen-bond acceptors (Lipinski definition) is 0. The fourth-order valence-corrected chi connectivity index (χ4v) is 0.715. The van der Waals surface area contributed by atoms with Crippen molar-refractivity contribution in [3.05, 3.63) is 24.8 Å². The minimum atomic E-state index is 1.17. The van der Waals surface area contributed by atoms with Crippen molar-refractivity contribution in [3.63, 3.8) is 0 Å². The molecule has 0 spiro atoms. The summed E-state index contributed by atoms with van der Waals surface area (Å²) in [5.41, 5.74) is 1.17. The van der Waals surface area contributed by atoms with Crippen LogP contribution in [0.25, 0.3) is 0 Å². The van der Waals surface area contributed by atoms with Crippen molar-refractivity contribution >= 4 is 0 Å². The average Bonchev–Trinajstić information content (AvgIpc) is 1.97. The van der Waals surface area contributed by atoms with Crippen molar-refractivity contribution in [2.75, 3.05) is 0 Å². The zero-order valence-electron chi connectivity index (χ0n) is 9.03. The van der Waals surface area contributed by atoms with Crippen LogP contribution in [0, 0.1) is 0 Å². The van der Waals surface area contributed by atoms with Crippen molar-refractivity contribution in [1.29, 1.82) is 0 Å². The van der Waals surface area contributed by atoms with Gasteiger partial charge in [-0.05, 0) is 26.7 Å². The van der Waals surface area contributed by atoms with E-state index >= 15 is 0 Å². The molecule has 0 unspecified atom stereocenters. The Bertz CT molecular complexity index is 96.6. The van der Waals surface area contributed by atoms with Crippen molar-refractivity contribution in [1.82, 2.24) is 0 Å². The van der Waals surface area contributed by atoms with E-state index in [1.54, 1.807) is 0 Å². The van der Waals surface area contributed by atoms with E-state index in [0.29, 0.717) is 0 Å². The van der Waals surface area contributed by atoms with Crippen LogP contribution in [0.1, 0.15) is 52.9 Å². The van der Waals surface area contributed by atoms with E-state index in [1.165, 1.54) is 37.7 Å². The molecular weight excluding hydrogens is 144 g/mol. The van der Waals surface area contributed by atoms with Crippen LogP contribution in [-0.2, 0) is 0 Å². The molecule has 0 heterocycles. The number of allylic oxidation sites excluding steroid dienone is 2. The first-order valence-corrected chi connectivity index (χ1v) is 4.88. The fraction of sp³-hybridized carbons (Fsp3) is 0.667. The second-order valence-corrected chi connectivity index (χ2v) is 3.35. The van der Waals surface area contributed by atoms with Gasteiger partial charge in [0.15, 0.2) is 0 Å². The van der Waals surface area contributed by atoms with Crippen molar-refractivity contribution in [2.45, 2.75) is 52.9 Å². The third kappa shape index (κ3) is 34.0. The standard InChI is InChI=1S/C8H16.C4H8/c1-3-5-7-8-6-4-2;1-4(2)3/h3H,1,4-8H2,2H3;1H2,2-3H3. The lowest BCUT2D eigenvalue weighted by atomic mass is 10.2. The summed E-state index contributed by atoms with van der Waals surface area (Å²) in [5.74, 6) is 0. The van der Waals surface area contributed by atoms with E-state index in [4.69, 9.17) is 0 Å². The normalized spacial score (nSPS) is 8.25. The summed E-state index contributed by atoms with van der Waals surface area (Å²) in [6.45, 7) is 13.4. The van der Waals surface area contributed by atoms with Crippen LogP contribution in [0.5, 0.6) is 0 Å². The molecule has 0 nitrogen and oxygen atoms in total. The second-order valence-electron chi connectivity index (χ2n) is 3.35. The molecule has 0 rings (SSSR count). The largest absolute Gasteiger partial charge is 0.103 e. The highest BCUT2D eigenvalue weighted by Gasteiger charge is 1.81. The van der Waals surface area contributed by atoms with Gasteiger partial charge in [0.1, 0.15) is 0 Å². The van der Waals surface area contributed by atoms with Crippen LogP contribution in [0.15, 0.2) is 24.8 Å². The number of unbranched alkanes of at least 4 members (excludes halogenated alkanes) is 4. The van der Waals surface area contributed by atoms with Gasteiger partial charge in [0.05, 0.1) is 0 Å². The lowest BCUT2D eigenvalue weighted by molar-refractivity contribution is 0.675. The summed E-state index contributed by atoms with van der Waals surface area (Å²) in [5, 5.41) is 0. The molecule has 0 bridgehead atoms. The molecule has 0 heteroatoms.